The van der Waals surface area contributed by atoms with Gasteiger partial charge < -0.3 is 10.3 Å². The maximum Gasteiger partial charge on any atom is 0.201 e. The van der Waals surface area contributed by atoms with E-state index in [4.69, 9.17) is 5.73 Å². The number of hydrogen-bond acceptors (Lipinski definition) is 3. The normalized spacial score (nSPS) is 11.2. The maximum atomic E-state index is 13.5. The molecule has 2 aromatic heterocycles. The van der Waals surface area contributed by atoms with Crippen LogP contribution in [0.25, 0.3) is 11.0 Å². The van der Waals surface area contributed by atoms with Crippen LogP contribution in [0.4, 0.5) is 10.3 Å². The molecule has 0 unspecified atom stereocenters. The van der Waals surface area contributed by atoms with Gasteiger partial charge in [-0.15, -0.1) is 0 Å². The van der Waals surface area contributed by atoms with Crippen LogP contribution in [-0.4, -0.2) is 19.3 Å². The fourth-order valence-corrected chi connectivity index (χ4v) is 2.00. The monoisotopic (exact) mass is 245 g/mol. The first-order valence-corrected chi connectivity index (χ1v) is 5.63. The number of nitrogens with zero attached hydrogens (tertiary/aromatic N) is 4. The number of fused-ring (bicyclic) bond motifs is 1. The molecule has 0 aliphatic carbocycles. The molecule has 0 radical (unpaired) electrons. The van der Waals surface area contributed by atoms with E-state index in [-0.39, 0.29) is 5.82 Å². The average Bonchev–Trinajstić information content (AvgIpc) is 2.95. The van der Waals surface area contributed by atoms with Gasteiger partial charge in [0.05, 0.1) is 12.1 Å². The van der Waals surface area contributed by atoms with Gasteiger partial charge in [-0.3, -0.25) is 4.68 Å². The second-order valence-corrected chi connectivity index (χ2v) is 4.00. The lowest BCUT2D eigenvalue weighted by molar-refractivity contribution is 0.544. The third-order valence-corrected chi connectivity index (χ3v) is 2.87. The Kier molecular flexibility index (Phi) is 2.47. The zero-order valence-corrected chi connectivity index (χ0v) is 9.62. The van der Waals surface area contributed by atoms with Crippen molar-refractivity contribution in [3.63, 3.8) is 0 Å². The molecule has 1 aromatic carbocycles. The molecule has 0 bridgehead atoms. The quantitative estimate of drug-likeness (QED) is 0.763. The van der Waals surface area contributed by atoms with Crippen LogP contribution >= 0.6 is 0 Å². The van der Waals surface area contributed by atoms with Gasteiger partial charge in [0, 0.05) is 18.9 Å². The van der Waals surface area contributed by atoms with Crippen LogP contribution in [0.5, 0.6) is 0 Å². The van der Waals surface area contributed by atoms with E-state index in [1.165, 1.54) is 6.07 Å². The second-order valence-electron chi connectivity index (χ2n) is 4.00. The van der Waals surface area contributed by atoms with Crippen LogP contribution in [0.1, 0.15) is 0 Å². The molecule has 0 saturated heterocycles. The van der Waals surface area contributed by atoms with E-state index < -0.39 is 0 Å². The Morgan fingerprint density at radius 2 is 2.11 bits per heavy atom. The Bertz CT molecular complexity index is 671. The van der Waals surface area contributed by atoms with Gasteiger partial charge in [0.15, 0.2) is 5.82 Å². The lowest BCUT2D eigenvalue weighted by atomic mass is 10.3. The summed E-state index contributed by atoms with van der Waals surface area (Å²) in [6.45, 7) is 1.27. The van der Waals surface area contributed by atoms with E-state index >= 15 is 0 Å². The molecule has 0 amide bonds. The highest BCUT2D eigenvalue weighted by Gasteiger charge is 2.11. The smallest absolute Gasteiger partial charge is 0.201 e. The fraction of sp³-hybridized carbons (Fsp3) is 0.167. The molecule has 92 valence electrons. The maximum absolute atomic E-state index is 13.5. The molecule has 3 aromatic rings. The summed E-state index contributed by atoms with van der Waals surface area (Å²) in [5.41, 5.74) is 6.84. The van der Waals surface area contributed by atoms with E-state index in [1.807, 2.05) is 18.3 Å². The van der Waals surface area contributed by atoms with Crippen molar-refractivity contribution in [2.75, 3.05) is 5.73 Å². The van der Waals surface area contributed by atoms with Gasteiger partial charge in [0.25, 0.3) is 0 Å². The third-order valence-electron chi connectivity index (χ3n) is 2.87. The highest BCUT2D eigenvalue weighted by molar-refractivity contribution is 5.78. The molecule has 0 aliphatic rings. The minimum Gasteiger partial charge on any atom is -0.369 e. The molecule has 2 N–H and O–H groups in total. The number of anilines is 1. The topological polar surface area (TPSA) is 61.7 Å². The minimum atomic E-state index is -0.350. The van der Waals surface area contributed by atoms with Gasteiger partial charge in [-0.05, 0) is 18.2 Å². The lowest BCUT2D eigenvalue weighted by Gasteiger charge is -2.06. The number of hydrogen-bond donors (Lipinski definition) is 1. The Morgan fingerprint density at radius 3 is 2.89 bits per heavy atom. The van der Waals surface area contributed by atoms with Crippen LogP contribution in [-0.2, 0) is 13.1 Å². The summed E-state index contributed by atoms with van der Waals surface area (Å²) in [6, 6.07) is 6.70. The third kappa shape index (κ3) is 1.71. The predicted molar refractivity (Wildman–Crippen MR) is 66.3 cm³/mol. The van der Waals surface area contributed by atoms with Crippen molar-refractivity contribution in [1.82, 2.24) is 19.3 Å². The molecule has 0 saturated carbocycles. The second kappa shape index (κ2) is 4.14. The van der Waals surface area contributed by atoms with Crippen molar-refractivity contribution in [3.8, 4) is 0 Å². The number of nitrogens with two attached hydrogens (primary N) is 1. The first-order valence-electron chi connectivity index (χ1n) is 5.63. The molecule has 5 nitrogen and oxygen atoms in total. The van der Waals surface area contributed by atoms with Crippen LogP contribution in [0.15, 0.2) is 36.7 Å². The van der Waals surface area contributed by atoms with Crippen LogP contribution in [0.2, 0.25) is 0 Å². The number of benzene rings is 1. The van der Waals surface area contributed by atoms with E-state index in [0.717, 1.165) is 0 Å². The van der Waals surface area contributed by atoms with E-state index in [1.54, 1.807) is 21.5 Å². The van der Waals surface area contributed by atoms with E-state index in [9.17, 15) is 4.39 Å². The Balaban J connectivity index is 1.96. The number of para-hydroxylation sites is 1. The molecular formula is C12H12FN5. The van der Waals surface area contributed by atoms with Crippen molar-refractivity contribution in [3.05, 3.63) is 42.5 Å². The molecule has 6 heteroatoms. The molecule has 18 heavy (non-hydrogen) atoms. The van der Waals surface area contributed by atoms with Gasteiger partial charge in [-0.1, -0.05) is 6.07 Å². The van der Waals surface area contributed by atoms with Gasteiger partial charge in [-0.25, -0.2) is 9.37 Å². The van der Waals surface area contributed by atoms with Crippen LogP contribution < -0.4 is 5.73 Å². The number of halogens is 1. The zero-order valence-electron chi connectivity index (χ0n) is 9.62. The van der Waals surface area contributed by atoms with Gasteiger partial charge in [0.1, 0.15) is 5.52 Å². The molecule has 0 atom stereocenters. The average molecular weight is 245 g/mol. The summed E-state index contributed by atoms with van der Waals surface area (Å²) in [7, 11) is 0. The van der Waals surface area contributed by atoms with E-state index in [0.29, 0.717) is 30.1 Å². The Labute approximate surface area is 103 Å². The first kappa shape index (κ1) is 10.8. The largest absolute Gasteiger partial charge is 0.369 e. The highest BCUT2D eigenvalue weighted by atomic mass is 19.1. The first-order chi connectivity index (χ1) is 8.75. The minimum absolute atomic E-state index is 0.315. The van der Waals surface area contributed by atoms with Crippen molar-refractivity contribution in [1.29, 1.82) is 0 Å². The van der Waals surface area contributed by atoms with E-state index in [2.05, 4.69) is 10.1 Å². The molecule has 0 spiro atoms. The summed E-state index contributed by atoms with van der Waals surface area (Å²) in [4.78, 5) is 4.05. The summed E-state index contributed by atoms with van der Waals surface area (Å²) in [6.07, 6.45) is 3.59. The van der Waals surface area contributed by atoms with Gasteiger partial charge in [-0.2, -0.15) is 5.10 Å². The predicted octanol–water partition coefficient (Wildman–Crippen LogP) is 1.65. The molecular weight excluding hydrogens is 233 g/mol. The van der Waals surface area contributed by atoms with Crippen LogP contribution in [0.3, 0.4) is 0 Å². The number of aryl methyl sites for hydroxylation is 2. The van der Waals surface area contributed by atoms with Crippen molar-refractivity contribution in [2.24, 2.45) is 0 Å². The SMILES string of the molecule is Nc1nc2c(F)cccc2n1CCn1cccn1. The Morgan fingerprint density at radius 1 is 1.22 bits per heavy atom. The number of aromatic nitrogens is 4. The number of imidazole rings is 1. The van der Waals surface area contributed by atoms with Gasteiger partial charge in [0.2, 0.25) is 5.95 Å². The molecule has 3 rings (SSSR count). The fourth-order valence-electron chi connectivity index (χ4n) is 2.00. The summed E-state index contributed by atoms with van der Waals surface area (Å²) in [5, 5.41) is 4.11. The lowest BCUT2D eigenvalue weighted by Crippen LogP contribution is -2.10. The molecule has 2 heterocycles. The summed E-state index contributed by atoms with van der Waals surface area (Å²) in [5.74, 6) is -0.0284. The molecule has 0 aliphatic heterocycles. The summed E-state index contributed by atoms with van der Waals surface area (Å²) >= 11 is 0. The van der Waals surface area contributed by atoms with Crippen molar-refractivity contribution in [2.45, 2.75) is 13.1 Å². The van der Waals surface area contributed by atoms with Gasteiger partial charge >= 0.3 is 0 Å². The Hall–Kier alpha value is -2.37. The van der Waals surface area contributed by atoms with Crippen molar-refractivity contribution < 1.29 is 4.39 Å². The number of nitrogen functional groups attached to an aromatic ring is 1. The molecule has 0 fully saturated rings. The van der Waals surface area contributed by atoms with Crippen molar-refractivity contribution >= 4 is 17.0 Å². The van der Waals surface area contributed by atoms with Crippen LogP contribution in [0, 0.1) is 5.82 Å². The number of rotatable bonds is 3. The highest BCUT2D eigenvalue weighted by Crippen LogP contribution is 2.20. The summed E-state index contributed by atoms with van der Waals surface area (Å²) < 4.78 is 17.1. The standard InChI is InChI=1S/C12H12FN5/c13-9-3-1-4-10-11(9)16-12(14)18(10)8-7-17-6-2-5-15-17/h1-6H,7-8H2,(H2,14,16). The zero-order chi connectivity index (χ0) is 12.5.